The predicted molar refractivity (Wildman–Crippen MR) is 172 cm³/mol. The first kappa shape index (κ1) is 31.1. The maximum atomic E-state index is 11.3. The van der Waals surface area contributed by atoms with Crippen LogP contribution in [0.25, 0.3) is 0 Å². The molecule has 4 saturated carbocycles. The molecule has 2 heteroatoms. The molecular formula is C39H62O2. The number of hydrogen-bond donors (Lipinski definition) is 0. The highest BCUT2D eigenvalue weighted by molar-refractivity contribution is 5.37. The number of ether oxygens (including phenoxy) is 1. The minimum absolute atomic E-state index is 0.143. The van der Waals surface area contributed by atoms with Gasteiger partial charge in [0.2, 0.25) is 0 Å². The first-order chi connectivity index (χ1) is 20.1. The van der Waals surface area contributed by atoms with E-state index in [0.717, 1.165) is 36.5 Å². The van der Waals surface area contributed by atoms with Crippen molar-refractivity contribution in [2.75, 3.05) is 0 Å². The fourth-order valence-electron chi connectivity index (χ4n) is 11.1. The molecule has 4 aliphatic carbocycles. The van der Waals surface area contributed by atoms with E-state index >= 15 is 0 Å². The summed E-state index contributed by atoms with van der Waals surface area (Å²) in [5.74, 6) is 4.35. The molecule has 0 bridgehead atoms. The van der Waals surface area contributed by atoms with Crippen molar-refractivity contribution in [2.45, 2.75) is 167 Å². The summed E-state index contributed by atoms with van der Waals surface area (Å²) >= 11 is 0. The first-order valence-corrected chi connectivity index (χ1v) is 18.3. The monoisotopic (exact) mass is 562 g/mol. The Bertz CT molecular complexity index is 877. The number of carbonyl (C=O) groups excluding carboxylic acids is 1. The van der Waals surface area contributed by atoms with Crippen molar-refractivity contribution < 1.29 is 9.53 Å². The molecule has 4 aliphatic rings. The minimum atomic E-state index is 0.143. The van der Waals surface area contributed by atoms with Crippen molar-refractivity contribution in [3.63, 3.8) is 0 Å². The normalized spacial score (nSPS) is 34.9. The Labute approximate surface area is 253 Å². The van der Waals surface area contributed by atoms with Gasteiger partial charge in [-0.3, -0.25) is 4.79 Å². The number of rotatable bonds is 12. The Morgan fingerprint density at radius 2 is 1.29 bits per heavy atom. The zero-order chi connectivity index (χ0) is 28.5. The van der Waals surface area contributed by atoms with E-state index in [0.29, 0.717) is 23.2 Å². The lowest BCUT2D eigenvalue weighted by molar-refractivity contribution is -0.137. The Morgan fingerprint density at radius 3 is 1.83 bits per heavy atom. The second-order valence-corrected chi connectivity index (χ2v) is 15.3. The third kappa shape index (κ3) is 7.26. The zero-order valence-electron chi connectivity index (χ0n) is 26.8. The van der Waals surface area contributed by atoms with Crippen molar-refractivity contribution in [1.29, 1.82) is 0 Å². The summed E-state index contributed by atoms with van der Waals surface area (Å²) in [5.41, 5.74) is 2.53. The van der Waals surface area contributed by atoms with E-state index in [1.165, 1.54) is 128 Å². The van der Waals surface area contributed by atoms with Gasteiger partial charge in [0.15, 0.2) is 0 Å². The van der Waals surface area contributed by atoms with Crippen LogP contribution in [0.3, 0.4) is 0 Å². The highest BCUT2D eigenvalue weighted by Gasteiger charge is 2.52. The van der Waals surface area contributed by atoms with Crippen LogP contribution in [0.1, 0.15) is 167 Å². The molecule has 230 valence electrons. The fraction of sp³-hybridized carbons (Fsp3) is 0.821. The SMILES string of the molecule is CCC[C@H]1CC[C@H](C2(CC(c3ccccc3)C3([C@H]4CC[C@H](CCC)CC4)CCCCC3)CCC(OC=O)CC2)CC1. The second kappa shape index (κ2) is 14.9. The van der Waals surface area contributed by atoms with Crippen LogP contribution in [0.4, 0.5) is 0 Å². The molecule has 1 aromatic rings. The van der Waals surface area contributed by atoms with E-state index in [4.69, 9.17) is 4.74 Å². The molecule has 1 unspecified atom stereocenters. The van der Waals surface area contributed by atoms with E-state index in [1.54, 1.807) is 5.56 Å². The van der Waals surface area contributed by atoms with Crippen LogP contribution in [-0.2, 0) is 9.53 Å². The van der Waals surface area contributed by atoms with Gasteiger partial charge in [0.25, 0.3) is 6.47 Å². The Morgan fingerprint density at radius 1 is 0.732 bits per heavy atom. The molecule has 0 spiro atoms. The van der Waals surface area contributed by atoms with Gasteiger partial charge in [0, 0.05) is 0 Å². The third-order valence-corrected chi connectivity index (χ3v) is 13.2. The summed E-state index contributed by atoms with van der Waals surface area (Å²) in [6, 6.07) is 11.9. The Hall–Kier alpha value is -1.31. The van der Waals surface area contributed by atoms with E-state index in [-0.39, 0.29) is 6.10 Å². The average Bonchev–Trinajstić information content (AvgIpc) is 3.03. The minimum Gasteiger partial charge on any atom is -0.465 e. The van der Waals surface area contributed by atoms with Crippen LogP contribution in [-0.4, -0.2) is 12.6 Å². The van der Waals surface area contributed by atoms with Crippen LogP contribution < -0.4 is 0 Å². The average molecular weight is 563 g/mol. The molecule has 0 aromatic heterocycles. The second-order valence-electron chi connectivity index (χ2n) is 15.3. The van der Waals surface area contributed by atoms with Gasteiger partial charge in [0.05, 0.1) is 0 Å². The molecule has 0 N–H and O–H groups in total. The van der Waals surface area contributed by atoms with Gasteiger partial charge in [-0.05, 0) is 117 Å². The van der Waals surface area contributed by atoms with E-state index in [2.05, 4.69) is 44.2 Å². The van der Waals surface area contributed by atoms with Crippen LogP contribution in [0.2, 0.25) is 0 Å². The van der Waals surface area contributed by atoms with E-state index < -0.39 is 0 Å². The van der Waals surface area contributed by atoms with E-state index in [9.17, 15) is 4.79 Å². The van der Waals surface area contributed by atoms with Crippen molar-refractivity contribution in [1.82, 2.24) is 0 Å². The zero-order valence-corrected chi connectivity index (χ0v) is 26.8. The fourth-order valence-corrected chi connectivity index (χ4v) is 11.1. The first-order valence-electron chi connectivity index (χ1n) is 18.3. The largest absolute Gasteiger partial charge is 0.465 e. The molecule has 41 heavy (non-hydrogen) atoms. The maximum absolute atomic E-state index is 11.3. The molecule has 0 radical (unpaired) electrons. The summed E-state index contributed by atoms with van der Waals surface area (Å²) in [5, 5.41) is 0. The molecule has 0 amide bonds. The summed E-state index contributed by atoms with van der Waals surface area (Å²) in [4.78, 5) is 11.3. The lowest BCUT2D eigenvalue weighted by Crippen LogP contribution is -2.46. The van der Waals surface area contributed by atoms with Crippen LogP contribution in [0.15, 0.2) is 30.3 Å². The molecule has 4 fully saturated rings. The van der Waals surface area contributed by atoms with Crippen LogP contribution >= 0.6 is 0 Å². The standard InChI is InChI=1S/C39H62O2/c1-3-11-31-15-19-34(20-16-31)38(27-23-36(24-28-38)41-30-40)29-37(33-13-7-5-8-14-33)39(25-9-6-10-26-39)35-21-17-32(12-4-2)18-22-35/h5,7-8,13-14,30-32,34-37H,3-4,6,9-12,15-29H2,1-2H3/t31-,32-,34-,35-,36?,37?,38?. The summed E-state index contributed by atoms with van der Waals surface area (Å²) in [6.45, 7) is 5.46. The van der Waals surface area contributed by atoms with Crippen molar-refractivity contribution in [3.05, 3.63) is 35.9 Å². The number of carbonyl (C=O) groups is 1. The third-order valence-electron chi connectivity index (χ3n) is 13.2. The molecule has 5 rings (SSSR count). The summed E-state index contributed by atoms with van der Waals surface area (Å²) in [6.07, 6.45) is 30.6. The van der Waals surface area contributed by atoms with Crippen molar-refractivity contribution >= 4 is 6.47 Å². The van der Waals surface area contributed by atoms with Gasteiger partial charge < -0.3 is 4.74 Å². The van der Waals surface area contributed by atoms with Crippen LogP contribution in [0.5, 0.6) is 0 Å². The van der Waals surface area contributed by atoms with Gasteiger partial charge in [-0.25, -0.2) is 0 Å². The maximum Gasteiger partial charge on any atom is 0.293 e. The van der Waals surface area contributed by atoms with E-state index in [1.807, 2.05) is 0 Å². The van der Waals surface area contributed by atoms with Crippen molar-refractivity contribution in [3.8, 4) is 0 Å². The van der Waals surface area contributed by atoms with Gasteiger partial charge >= 0.3 is 0 Å². The Balaban J connectivity index is 1.47. The number of benzene rings is 1. The molecule has 0 heterocycles. The Kier molecular flexibility index (Phi) is 11.3. The summed E-state index contributed by atoms with van der Waals surface area (Å²) in [7, 11) is 0. The molecule has 2 nitrogen and oxygen atoms in total. The molecule has 0 saturated heterocycles. The lowest BCUT2D eigenvalue weighted by Gasteiger charge is -2.56. The van der Waals surface area contributed by atoms with Gasteiger partial charge in [-0.2, -0.15) is 0 Å². The topological polar surface area (TPSA) is 26.3 Å². The lowest BCUT2D eigenvalue weighted by atomic mass is 9.49. The van der Waals surface area contributed by atoms with Gasteiger partial charge in [-0.1, -0.05) is 115 Å². The molecule has 1 atom stereocenters. The number of hydrogen-bond acceptors (Lipinski definition) is 2. The molecule has 1 aromatic carbocycles. The van der Waals surface area contributed by atoms with Gasteiger partial charge in [-0.15, -0.1) is 0 Å². The quantitative estimate of drug-likeness (QED) is 0.237. The summed E-state index contributed by atoms with van der Waals surface area (Å²) < 4.78 is 5.58. The smallest absolute Gasteiger partial charge is 0.293 e. The molecule has 0 aliphatic heterocycles. The molecular weight excluding hydrogens is 500 g/mol. The van der Waals surface area contributed by atoms with Crippen LogP contribution in [0, 0.1) is 34.5 Å². The highest BCUT2D eigenvalue weighted by atomic mass is 16.5. The van der Waals surface area contributed by atoms with Crippen molar-refractivity contribution in [2.24, 2.45) is 34.5 Å². The predicted octanol–water partition coefficient (Wildman–Crippen LogP) is 11.4. The van der Waals surface area contributed by atoms with Gasteiger partial charge in [0.1, 0.15) is 6.10 Å². The highest BCUT2D eigenvalue weighted by Crippen LogP contribution is 2.63.